The van der Waals surface area contributed by atoms with Gasteiger partial charge in [-0.25, -0.2) is 4.68 Å². The number of carbonyl (C=O) groups excluding carboxylic acids is 1. The van der Waals surface area contributed by atoms with Crippen LogP contribution in [-0.2, 0) is 6.42 Å². The predicted octanol–water partition coefficient (Wildman–Crippen LogP) is 4.83. The average Bonchev–Trinajstić information content (AvgIpc) is 2.97. The van der Waals surface area contributed by atoms with E-state index in [-0.39, 0.29) is 11.7 Å². The lowest BCUT2D eigenvalue weighted by Gasteiger charge is -2.08. The molecule has 1 N–H and O–H groups in total. The average molecular weight is 464 g/mol. The zero-order chi connectivity index (χ0) is 21.0. The van der Waals surface area contributed by atoms with Crippen LogP contribution in [0, 0.1) is 13.8 Å². The highest BCUT2D eigenvalue weighted by atomic mass is 79.9. The van der Waals surface area contributed by atoms with Crippen LogP contribution in [0.4, 0.5) is 8.78 Å². The highest BCUT2D eigenvalue weighted by Gasteiger charge is 2.19. The summed E-state index contributed by atoms with van der Waals surface area (Å²) in [5.41, 5.74) is 3.74. The third-order valence-electron chi connectivity index (χ3n) is 4.44. The molecule has 0 bridgehead atoms. The van der Waals surface area contributed by atoms with E-state index in [0.717, 1.165) is 21.4 Å². The summed E-state index contributed by atoms with van der Waals surface area (Å²) in [5.74, 6) is -0.0830. The molecule has 5 nitrogen and oxygen atoms in total. The number of hydrogen-bond donors (Lipinski definition) is 1. The molecule has 3 rings (SSSR count). The van der Waals surface area contributed by atoms with Gasteiger partial charge >= 0.3 is 6.61 Å². The first kappa shape index (κ1) is 21.0. The molecule has 0 saturated heterocycles. The van der Waals surface area contributed by atoms with E-state index in [1.54, 1.807) is 23.7 Å². The molecule has 0 radical (unpaired) electrons. The number of alkyl halides is 2. The Hall–Kier alpha value is -2.74. The van der Waals surface area contributed by atoms with Gasteiger partial charge in [-0.05, 0) is 62.2 Å². The Balaban J connectivity index is 1.63. The zero-order valence-corrected chi connectivity index (χ0v) is 17.5. The van der Waals surface area contributed by atoms with Gasteiger partial charge in [0, 0.05) is 11.0 Å². The van der Waals surface area contributed by atoms with Crippen molar-refractivity contribution in [2.24, 2.45) is 0 Å². The number of hydrogen-bond acceptors (Lipinski definition) is 3. The second-order valence-electron chi connectivity index (χ2n) is 6.46. The standard InChI is InChI=1S/C21H20BrF2N3O2/c1-13-19(14(2)27(26-13)17-7-5-16(22)6-8-17)20(28)25-12-11-15-3-9-18(10-4-15)29-21(23)24/h3-10,21H,11-12H2,1-2H3,(H,25,28). The minimum absolute atomic E-state index is 0.111. The normalized spacial score (nSPS) is 11.0. The predicted molar refractivity (Wildman–Crippen MR) is 110 cm³/mol. The maximum absolute atomic E-state index is 12.7. The van der Waals surface area contributed by atoms with Crippen molar-refractivity contribution in [1.82, 2.24) is 15.1 Å². The summed E-state index contributed by atoms with van der Waals surface area (Å²) in [6.07, 6.45) is 0.569. The number of aromatic nitrogens is 2. The number of nitrogens with zero attached hydrogens (tertiary/aromatic N) is 2. The molecule has 2 aromatic carbocycles. The molecule has 0 aliphatic heterocycles. The number of aryl methyl sites for hydroxylation is 1. The smallest absolute Gasteiger partial charge is 0.387 e. The Kier molecular flexibility index (Phi) is 6.64. The van der Waals surface area contributed by atoms with E-state index in [4.69, 9.17) is 0 Å². The minimum atomic E-state index is -2.84. The van der Waals surface area contributed by atoms with E-state index in [2.05, 4.69) is 31.1 Å². The van der Waals surface area contributed by atoms with E-state index in [0.29, 0.717) is 24.2 Å². The molecule has 3 aromatic rings. The second kappa shape index (κ2) is 9.17. The van der Waals surface area contributed by atoms with Crippen molar-refractivity contribution in [2.75, 3.05) is 6.54 Å². The van der Waals surface area contributed by atoms with Gasteiger partial charge in [0.05, 0.1) is 22.6 Å². The molecule has 0 unspecified atom stereocenters. The van der Waals surface area contributed by atoms with Crippen molar-refractivity contribution in [3.8, 4) is 11.4 Å². The molecular formula is C21H20BrF2N3O2. The molecule has 0 atom stereocenters. The van der Waals surface area contributed by atoms with Crippen LogP contribution in [0.5, 0.6) is 5.75 Å². The van der Waals surface area contributed by atoms with Gasteiger partial charge in [0.15, 0.2) is 0 Å². The molecule has 8 heteroatoms. The molecule has 0 fully saturated rings. The number of nitrogens with one attached hydrogen (secondary N) is 1. The Morgan fingerprint density at radius 3 is 2.41 bits per heavy atom. The number of ether oxygens (including phenoxy) is 1. The summed E-state index contributed by atoms with van der Waals surface area (Å²) >= 11 is 3.41. The Labute approximate surface area is 175 Å². The first-order valence-corrected chi connectivity index (χ1v) is 9.78. The third kappa shape index (κ3) is 5.20. The van der Waals surface area contributed by atoms with Gasteiger partial charge in [0.25, 0.3) is 5.91 Å². The maximum Gasteiger partial charge on any atom is 0.387 e. The maximum atomic E-state index is 12.7. The molecule has 29 heavy (non-hydrogen) atoms. The largest absolute Gasteiger partial charge is 0.435 e. The number of rotatable bonds is 7. The quantitative estimate of drug-likeness (QED) is 0.546. The van der Waals surface area contributed by atoms with Crippen LogP contribution < -0.4 is 10.1 Å². The fourth-order valence-electron chi connectivity index (χ4n) is 3.05. The van der Waals surface area contributed by atoms with Crippen LogP contribution >= 0.6 is 15.9 Å². The first-order chi connectivity index (χ1) is 13.8. The van der Waals surface area contributed by atoms with E-state index in [1.807, 2.05) is 31.2 Å². The van der Waals surface area contributed by atoms with Gasteiger partial charge in [-0.15, -0.1) is 0 Å². The summed E-state index contributed by atoms with van der Waals surface area (Å²) in [4.78, 5) is 12.7. The van der Waals surface area contributed by atoms with E-state index in [1.165, 1.54) is 12.1 Å². The Morgan fingerprint density at radius 1 is 1.14 bits per heavy atom. The van der Waals surface area contributed by atoms with Gasteiger partial charge in [-0.2, -0.15) is 13.9 Å². The van der Waals surface area contributed by atoms with Crippen LogP contribution in [0.2, 0.25) is 0 Å². The van der Waals surface area contributed by atoms with Crippen molar-refractivity contribution >= 4 is 21.8 Å². The zero-order valence-electron chi connectivity index (χ0n) is 16.0. The Bertz CT molecular complexity index is 986. The van der Waals surface area contributed by atoms with Crippen molar-refractivity contribution < 1.29 is 18.3 Å². The molecule has 0 saturated carbocycles. The van der Waals surface area contributed by atoms with Crippen molar-refractivity contribution in [2.45, 2.75) is 26.9 Å². The highest BCUT2D eigenvalue weighted by Crippen LogP contribution is 2.20. The second-order valence-corrected chi connectivity index (χ2v) is 7.38. The third-order valence-corrected chi connectivity index (χ3v) is 4.97. The van der Waals surface area contributed by atoms with Crippen LogP contribution in [0.25, 0.3) is 5.69 Å². The van der Waals surface area contributed by atoms with E-state index < -0.39 is 6.61 Å². The fourth-order valence-corrected chi connectivity index (χ4v) is 3.32. The monoisotopic (exact) mass is 463 g/mol. The van der Waals surface area contributed by atoms with Gasteiger partial charge in [-0.1, -0.05) is 28.1 Å². The van der Waals surface area contributed by atoms with Crippen LogP contribution in [-0.4, -0.2) is 28.8 Å². The number of amides is 1. The summed E-state index contributed by atoms with van der Waals surface area (Å²) in [5, 5.41) is 7.39. The van der Waals surface area contributed by atoms with Crippen LogP contribution in [0.3, 0.4) is 0 Å². The number of carbonyl (C=O) groups is 1. The minimum Gasteiger partial charge on any atom is -0.435 e. The van der Waals surface area contributed by atoms with Gasteiger partial charge in [-0.3, -0.25) is 4.79 Å². The molecule has 152 valence electrons. The summed E-state index contributed by atoms with van der Waals surface area (Å²) in [7, 11) is 0. The molecular weight excluding hydrogens is 444 g/mol. The lowest BCUT2D eigenvalue weighted by molar-refractivity contribution is -0.0498. The lowest BCUT2D eigenvalue weighted by Crippen LogP contribution is -2.26. The van der Waals surface area contributed by atoms with Crippen molar-refractivity contribution in [3.63, 3.8) is 0 Å². The van der Waals surface area contributed by atoms with Crippen LogP contribution in [0.1, 0.15) is 27.3 Å². The van der Waals surface area contributed by atoms with Gasteiger partial charge in [0.2, 0.25) is 0 Å². The summed E-state index contributed by atoms with van der Waals surface area (Å²) in [6.45, 7) is 1.23. The Morgan fingerprint density at radius 2 is 1.79 bits per heavy atom. The van der Waals surface area contributed by atoms with Crippen molar-refractivity contribution in [3.05, 3.63) is 75.5 Å². The van der Waals surface area contributed by atoms with Crippen molar-refractivity contribution in [1.29, 1.82) is 0 Å². The SMILES string of the molecule is Cc1nn(-c2ccc(Br)cc2)c(C)c1C(=O)NCCc1ccc(OC(F)F)cc1. The summed E-state index contributed by atoms with van der Waals surface area (Å²) in [6, 6.07) is 14.1. The van der Waals surface area contributed by atoms with Gasteiger partial charge < -0.3 is 10.1 Å². The lowest BCUT2D eigenvalue weighted by atomic mass is 10.1. The molecule has 1 amide bonds. The fraction of sp³-hybridized carbons (Fsp3) is 0.238. The van der Waals surface area contributed by atoms with E-state index in [9.17, 15) is 13.6 Å². The molecule has 0 spiro atoms. The highest BCUT2D eigenvalue weighted by molar-refractivity contribution is 9.10. The topological polar surface area (TPSA) is 56.2 Å². The molecule has 1 heterocycles. The van der Waals surface area contributed by atoms with Gasteiger partial charge in [0.1, 0.15) is 5.75 Å². The molecule has 0 aliphatic rings. The van der Waals surface area contributed by atoms with Crippen LogP contribution in [0.15, 0.2) is 53.0 Å². The first-order valence-electron chi connectivity index (χ1n) is 8.99. The van der Waals surface area contributed by atoms with E-state index >= 15 is 0 Å². The number of benzene rings is 2. The summed E-state index contributed by atoms with van der Waals surface area (Å²) < 4.78 is 31.4. The molecule has 0 aliphatic carbocycles. The number of halogens is 3. The molecule has 1 aromatic heterocycles.